The van der Waals surface area contributed by atoms with Crippen LogP contribution in [0.2, 0.25) is 0 Å². The van der Waals surface area contributed by atoms with Crippen LogP contribution < -0.4 is 10.6 Å². The molecule has 2 N–H and O–H groups in total. The molecule has 17 heavy (non-hydrogen) atoms. The van der Waals surface area contributed by atoms with Gasteiger partial charge in [-0.3, -0.25) is 4.79 Å². The molecule has 0 aliphatic carbocycles. The number of benzene rings is 1. The molecule has 0 spiro atoms. The Kier molecular flexibility index (Phi) is 5.70. The van der Waals surface area contributed by atoms with E-state index in [4.69, 9.17) is 0 Å². The van der Waals surface area contributed by atoms with Gasteiger partial charge in [0.25, 0.3) is 0 Å². The summed E-state index contributed by atoms with van der Waals surface area (Å²) in [5.41, 5.74) is 1.20. The highest BCUT2D eigenvalue weighted by Gasteiger charge is 2.08. The maximum absolute atomic E-state index is 11.6. The molecular formula is C14H22N2O. The SMILES string of the molecule is CCC(C)NC(=O)CN[C@H](C)c1ccccc1. The molecule has 2 atom stereocenters. The minimum atomic E-state index is 0.0575. The second kappa shape index (κ2) is 7.07. The first-order chi connectivity index (χ1) is 8.13. The quantitative estimate of drug-likeness (QED) is 0.792. The highest BCUT2D eigenvalue weighted by molar-refractivity contribution is 5.78. The lowest BCUT2D eigenvalue weighted by atomic mass is 10.1. The predicted molar refractivity (Wildman–Crippen MR) is 70.8 cm³/mol. The first-order valence-corrected chi connectivity index (χ1v) is 6.21. The van der Waals surface area contributed by atoms with Gasteiger partial charge in [0, 0.05) is 12.1 Å². The average molecular weight is 234 g/mol. The summed E-state index contributed by atoms with van der Waals surface area (Å²) in [6.07, 6.45) is 0.958. The fourth-order valence-electron chi connectivity index (χ4n) is 1.53. The highest BCUT2D eigenvalue weighted by Crippen LogP contribution is 2.10. The number of hydrogen-bond acceptors (Lipinski definition) is 2. The van der Waals surface area contributed by atoms with Gasteiger partial charge in [0.15, 0.2) is 0 Å². The number of carbonyl (C=O) groups is 1. The van der Waals surface area contributed by atoms with Crippen molar-refractivity contribution in [2.75, 3.05) is 6.54 Å². The van der Waals surface area contributed by atoms with Crippen molar-refractivity contribution in [1.29, 1.82) is 0 Å². The summed E-state index contributed by atoms with van der Waals surface area (Å²) in [7, 11) is 0. The van der Waals surface area contributed by atoms with Gasteiger partial charge in [-0.1, -0.05) is 37.3 Å². The Morgan fingerprint density at radius 1 is 1.24 bits per heavy atom. The summed E-state index contributed by atoms with van der Waals surface area (Å²) in [5.74, 6) is 0.0575. The van der Waals surface area contributed by atoms with Crippen molar-refractivity contribution >= 4 is 5.91 Å². The van der Waals surface area contributed by atoms with E-state index in [0.717, 1.165) is 6.42 Å². The topological polar surface area (TPSA) is 41.1 Å². The Balaban J connectivity index is 2.33. The van der Waals surface area contributed by atoms with Crippen LogP contribution in [0, 0.1) is 0 Å². The molecule has 0 heterocycles. The molecule has 0 fully saturated rings. The van der Waals surface area contributed by atoms with Gasteiger partial charge in [-0.15, -0.1) is 0 Å². The summed E-state index contributed by atoms with van der Waals surface area (Å²) in [6.45, 7) is 6.50. The zero-order valence-electron chi connectivity index (χ0n) is 10.9. The minimum Gasteiger partial charge on any atom is -0.353 e. The van der Waals surface area contributed by atoms with Crippen LogP contribution >= 0.6 is 0 Å². The molecular weight excluding hydrogens is 212 g/mol. The van der Waals surface area contributed by atoms with Crippen LogP contribution in [-0.2, 0) is 4.79 Å². The first kappa shape index (κ1) is 13.7. The maximum atomic E-state index is 11.6. The normalized spacial score (nSPS) is 14.1. The molecule has 0 bridgehead atoms. The summed E-state index contributed by atoms with van der Waals surface area (Å²) >= 11 is 0. The molecule has 1 amide bonds. The molecule has 1 rings (SSSR count). The zero-order valence-corrected chi connectivity index (χ0v) is 10.9. The van der Waals surface area contributed by atoms with E-state index in [1.807, 2.05) is 25.1 Å². The van der Waals surface area contributed by atoms with Gasteiger partial charge in [-0.25, -0.2) is 0 Å². The van der Waals surface area contributed by atoms with Crippen LogP contribution in [0.5, 0.6) is 0 Å². The molecule has 0 saturated heterocycles. The van der Waals surface area contributed by atoms with Crippen molar-refractivity contribution in [1.82, 2.24) is 10.6 Å². The van der Waals surface area contributed by atoms with Gasteiger partial charge in [0.1, 0.15) is 0 Å². The summed E-state index contributed by atoms with van der Waals surface area (Å²) in [5, 5.41) is 6.15. The van der Waals surface area contributed by atoms with Gasteiger partial charge in [-0.2, -0.15) is 0 Å². The Labute approximate surface area is 104 Å². The van der Waals surface area contributed by atoms with Gasteiger partial charge in [-0.05, 0) is 25.8 Å². The molecule has 94 valence electrons. The number of rotatable bonds is 6. The van der Waals surface area contributed by atoms with Crippen molar-refractivity contribution in [3.8, 4) is 0 Å². The van der Waals surface area contributed by atoms with Crippen molar-refractivity contribution in [2.24, 2.45) is 0 Å². The molecule has 1 aromatic carbocycles. The van der Waals surface area contributed by atoms with E-state index in [1.165, 1.54) is 5.56 Å². The largest absolute Gasteiger partial charge is 0.353 e. The van der Waals surface area contributed by atoms with Crippen LogP contribution in [0.3, 0.4) is 0 Å². The minimum absolute atomic E-state index is 0.0575. The zero-order chi connectivity index (χ0) is 12.7. The first-order valence-electron chi connectivity index (χ1n) is 6.21. The van der Waals surface area contributed by atoms with Crippen LogP contribution in [0.4, 0.5) is 0 Å². The molecule has 3 heteroatoms. The van der Waals surface area contributed by atoms with Crippen LogP contribution in [0.1, 0.15) is 38.8 Å². The van der Waals surface area contributed by atoms with E-state index in [9.17, 15) is 4.79 Å². The van der Waals surface area contributed by atoms with Crippen LogP contribution in [0.15, 0.2) is 30.3 Å². The number of nitrogens with one attached hydrogen (secondary N) is 2. The molecule has 0 radical (unpaired) electrons. The molecule has 0 saturated carbocycles. The molecule has 1 unspecified atom stereocenters. The van der Waals surface area contributed by atoms with Crippen molar-refractivity contribution in [3.63, 3.8) is 0 Å². The Morgan fingerprint density at radius 2 is 1.88 bits per heavy atom. The van der Waals surface area contributed by atoms with Gasteiger partial charge < -0.3 is 10.6 Å². The summed E-state index contributed by atoms with van der Waals surface area (Å²) in [6, 6.07) is 10.6. The standard InChI is InChI=1S/C14H22N2O/c1-4-11(2)16-14(17)10-15-12(3)13-8-6-5-7-9-13/h5-9,11-12,15H,4,10H2,1-3H3,(H,16,17)/t11?,12-/m1/s1. The fourth-order valence-corrected chi connectivity index (χ4v) is 1.53. The van der Waals surface area contributed by atoms with E-state index >= 15 is 0 Å². The molecule has 3 nitrogen and oxygen atoms in total. The lowest BCUT2D eigenvalue weighted by Crippen LogP contribution is -2.39. The third-order valence-electron chi connectivity index (χ3n) is 2.89. The van der Waals surface area contributed by atoms with E-state index < -0.39 is 0 Å². The highest BCUT2D eigenvalue weighted by atomic mass is 16.1. The van der Waals surface area contributed by atoms with Crippen molar-refractivity contribution in [2.45, 2.75) is 39.3 Å². The second-order valence-electron chi connectivity index (χ2n) is 4.39. The third kappa shape index (κ3) is 5.00. The number of carbonyl (C=O) groups excluding carboxylic acids is 1. The van der Waals surface area contributed by atoms with E-state index in [2.05, 4.69) is 36.6 Å². The van der Waals surface area contributed by atoms with E-state index in [1.54, 1.807) is 0 Å². The second-order valence-corrected chi connectivity index (χ2v) is 4.39. The molecule has 0 aliphatic heterocycles. The monoisotopic (exact) mass is 234 g/mol. The maximum Gasteiger partial charge on any atom is 0.234 e. The fraction of sp³-hybridized carbons (Fsp3) is 0.500. The van der Waals surface area contributed by atoms with E-state index in [0.29, 0.717) is 6.54 Å². The lowest BCUT2D eigenvalue weighted by molar-refractivity contribution is -0.120. The van der Waals surface area contributed by atoms with Crippen LogP contribution in [-0.4, -0.2) is 18.5 Å². The Morgan fingerprint density at radius 3 is 2.47 bits per heavy atom. The average Bonchev–Trinajstić information content (AvgIpc) is 2.36. The third-order valence-corrected chi connectivity index (χ3v) is 2.89. The predicted octanol–water partition coefficient (Wildman–Crippen LogP) is 2.25. The van der Waals surface area contributed by atoms with Gasteiger partial charge >= 0.3 is 0 Å². The smallest absolute Gasteiger partial charge is 0.234 e. The lowest BCUT2D eigenvalue weighted by Gasteiger charge is -2.16. The van der Waals surface area contributed by atoms with Gasteiger partial charge in [0.05, 0.1) is 6.54 Å². The van der Waals surface area contributed by atoms with Crippen LogP contribution in [0.25, 0.3) is 0 Å². The molecule has 0 aliphatic rings. The van der Waals surface area contributed by atoms with Crippen molar-refractivity contribution in [3.05, 3.63) is 35.9 Å². The van der Waals surface area contributed by atoms with Crippen molar-refractivity contribution < 1.29 is 4.79 Å². The van der Waals surface area contributed by atoms with E-state index in [-0.39, 0.29) is 18.0 Å². The Hall–Kier alpha value is -1.35. The number of hydrogen-bond donors (Lipinski definition) is 2. The summed E-state index contributed by atoms with van der Waals surface area (Å²) in [4.78, 5) is 11.6. The summed E-state index contributed by atoms with van der Waals surface area (Å²) < 4.78 is 0. The number of amides is 1. The Bertz CT molecular complexity index is 337. The molecule has 0 aromatic heterocycles. The van der Waals surface area contributed by atoms with Gasteiger partial charge in [0.2, 0.25) is 5.91 Å². The molecule has 1 aromatic rings.